The maximum absolute atomic E-state index is 12.2. The molecule has 0 aliphatic rings. The second-order valence-corrected chi connectivity index (χ2v) is 6.71. The summed E-state index contributed by atoms with van der Waals surface area (Å²) in [4.78, 5) is 21.1. The van der Waals surface area contributed by atoms with Gasteiger partial charge < -0.3 is 5.32 Å². The monoisotopic (exact) mass is 351 g/mol. The lowest BCUT2D eigenvalue weighted by atomic mass is 9.96. The summed E-state index contributed by atoms with van der Waals surface area (Å²) in [6.07, 6.45) is 3.04. The Kier molecular flexibility index (Phi) is 5.90. The van der Waals surface area contributed by atoms with Crippen molar-refractivity contribution in [2.45, 2.75) is 25.7 Å². The van der Waals surface area contributed by atoms with Gasteiger partial charge in [0.2, 0.25) is 5.91 Å². The first-order valence-corrected chi connectivity index (χ1v) is 9.31. The molecule has 3 aromatic rings. The number of aromatic nitrogens is 2. The number of thiazole rings is 1. The van der Waals surface area contributed by atoms with Gasteiger partial charge in [0.15, 0.2) is 0 Å². The van der Waals surface area contributed by atoms with Gasteiger partial charge in [0.25, 0.3) is 0 Å². The highest BCUT2D eigenvalue weighted by Crippen LogP contribution is 2.22. The minimum atomic E-state index is 0.00671. The zero-order valence-corrected chi connectivity index (χ0v) is 15.0. The Morgan fingerprint density at radius 1 is 1.16 bits per heavy atom. The smallest absolute Gasteiger partial charge is 0.226 e. The van der Waals surface area contributed by atoms with E-state index in [9.17, 15) is 4.79 Å². The third kappa shape index (κ3) is 4.73. The Bertz CT molecular complexity index is 802. The highest BCUT2D eigenvalue weighted by atomic mass is 32.1. The van der Waals surface area contributed by atoms with Crippen molar-refractivity contribution in [1.82, 2.24) is 15.3 Å². The Balaban J connectivity index is 1.55. The SMILES string of the molecule is CCC(CNC(=O)Cc1csc(-c2ccccn2)n1)c1ccccc1. The van der Waals surface area contributed by atoms with Crippen LogP contribution in [-0.4, -0.2) is 22.4 Å². The van der Waals surface area contributed by atoms with Crippen molar-refractivity contribution in [3.63, 3.8) is 0 Å². The summed E-state index contributed by atoms with van der Waals surface area (Å²) in [5.41, 5.74) is 2.89. The third-order valence-electron chi connectivity index (χ3n) is 4.09. The summed E-state index contributed by atoms with van der Waals surface area (Å²) < 4.78 is 0. The van der Waals surface area contributed by atoms with E-state index in [4.69, 9.17) is 0 Å². The van der Waals surface area contributed by atoms with Crippen molar-refractivity contribution in [3.8, 4) is 10.7 Å². The van der Waals surface area contributed by atoms with E-state index >= 15 is 0 Å². The number of nitrogens with zero attached hydrogens (tertiary/aromatic N) is 2. The van der Waals surface area contributed by atoms with Gasteiger partial charge in [0.05, 0.1) is 17.8 Å². The van der Waals surface area contributed by atoms with Crippen molar-refractivity contribution >= 4 is 17.2 Å². The molecule has 2 aromatic heterocycles. The second kappa shape index (κ2) is 8.53. The van der Waals surface area contributed by atoms with E-state index < -0.39 is 0 Å². The quantitative estimate of drug-likeness (QED) is 0.698. The first kappa shape index (κ1) is 17.3. The molecule has 25 heavy (non-hydrogen) atoms. The number of amides is 1. The molecule has 0 saturated carbocycles. The van der Waals surface area contributed by atoms with Crippen LogP contribution in [0.4, 0.5) is 0 Å². The highest BCUT2D eigenvalue weighted by molar-refractivity contribution is 7.13. The van der Waals surface area contributed by atoms with Crippen LogP contribution in [0.1, 0.15) is 30.5 Å². The predicted octanol–water partition coefficient (Wildman–Crippen LogP) is 4.06. The predicted molar refractivity (Wildman–Crippen MR) is 102 cm³/mol. The summed E-state index contributed by atoms with van der Waals surface area (Å²) in [6, 6.07) is 16.0. The van der Waals surface area contributed by atoms with Gasteiger partial charge in [0.1, 0.15) is 5.01 Å². The summed E-state index contributed by atoms with van der Waals surface area (Å²) in [5.74, 6) is 0.344. The Morgan fingerprint density at radius 2 is 1.96 bits per heavy atom. The Hall–Kier alpha value is -2.53. The number of carbonyl (C=O) groups is 1. The highest BCUT2D eigenvalue weighted by Gasteiger charge is 2.13. The van der Waals surface area contributed by atoms with Gasteiger partial charge in [-0.3, -0.25) is 9.78 Å². The molecule has 4 nitrogen and oxygen atoms in total. The van der Waals surface area contributed by atoms with E-state index in [-0.39, 0.29) is 5.91 Å². The molecular weight excluding hydrogens is 330 g/mol. The molecule has 0 fully saturated rings. The lowest BCUT2D eigenvalue weighted by molar-refractivity contribution is -0.120. The molecule has 1 aromatic carbocycles. The largest absolute Gasteiger partial charge is 0.355 e. The molecule has 1 amide bonds. The molecule has 128 valence electrons. The topological polar surface area (TPSA) is 54.9 Å². The molecule has 2 heterocycles. The van der Waals surface area contributed by atoms with Crippen LogP contribution >= 0.6 is 11.3 Å². The van der Waals surface area contributed by atoms with Crippen LogP contribution in [0.15, 0.2) is 60.1 Å². The zero-order chi connectivity index (χ0) is 17.5. The van der Waals surface area contributed by atoms with E-state index in [2.05, 4.69) is 34.3 Å². The maximum atomic E-state index is 12.2. The summed E-state index contributed by atoms with van der Waals surface area (Å²) in [7, 11) is 0. The van der Waals surface area contributed by atoms with Crippen molar-refractivity contribution < 1.29 is 4.79 Å². The van der Waals surface area contributed by atoms with Gasteiger partial charge in [-0.1, -0.05) is 43.3 Å². The van der Waals surface area contributed by atoms with E-state index in [1.54, 1.807) is 6.20 Å². The number of pyridine rings is 1. The van der Waals surface area contributed by atoms with Gasteiger partial charge in [-0.15, -0.1) is 11.3 Å². The lowest BCUT2D eigenvalue weighted by Crippen LogP contribution is -2.29. The molecule has 1 unspecified atom stereocenters. The van der Waals surface area contributed by atoms with E-state index in [0.29, 0.717) is 18.9 Å². The van der Waals surface area contributed by atoms with Crippen LogP contribution in [0, 0.1) is 0 Å². The van der Waals surface area contributed by atoms with Crippen molar-refractivity contribution in [1.29, 1.82) is 0 Å². The second-order valence-electron chi connectivity index (χ2n) is 5.86. The first-order chi connectivity index (χ1) is 12.3. The summed E-state index contributed by atoms with van der Waals surface area (Å²) >= 11 is 1.52. The van der Waals surface area contributed by atoms with Crippen molar-refractivity contribution in [2.24, 2.45) is 0 Å². The summed E-state index contributed by atoms with van der Waals surface area (Å²) in [5, 5.41) is 5.81. The molecule has 5 heteroatoms. The van der Waals surface area contributed by atoms with Crippen LogP contribution in [0.3, 0.4) is 0 Å². The summed E-state index contributed by atoms with van der Waals surface area (Å²) in [6.45, 7) is 2.79. The van der Waals surface area contributed by atoms with Crippen LogP contribution in [-0.2, 0) is 11.2 Å². The number of carbonyl (C=O) groups excluding carboxylic acids is 1. The Morgan fingerprint density at radius 3 is 2.68 bits per heavy atom. The number of nitrogens with one attached hydrogen (secondary N) is 1. The zero-order valence-electron chi connectivity index (χ0n) is 14.2. The van der Waals surface area contributed by atoms with Crippen LogP contribution < -0.4 is 5.32 Å². The standard InChI is InChI=1S/C20H21N3OS/c1-2-15(16-8-4-3-5-9-16)13-22-19(24)12-17-14-25-20(23-17)18-10-6-7-11-21-18/h3-11,14-15H,2,12-13H2,1H3,(H,22,24). The molecule has 1 atom stereocenters. The molecule has 0 radical (unpaired) electrons. The van der Waals surface area contributed by atoms with Crippen molar-refractivity contribution in [2.75, 3.05) is 6.54 Å². The fraction of sp³-hybridized carbons (Fsp3) is 0.250. The molecule has 0 saturated heterocycles. The normalized spacial score (nSPS) is 11.9. The number of hydrogen-bond donors (Lipinski definition) is 1. The van der Waals surface area contributed by atoms with Gasteiger partial charge in [-0.25, -0.2) is 4.98 Å². The van der Waals surface area contributed by atoms with Gasteiger partial charge in [0, 0.05) is 24.0 Å². The lowest BCUT2D eigenvalue weighted by Gasteiger charge is -2.16. The third-order valence-corrected chi connectivity index (χ3v) is 5.00. The maximum Gasteiger partial charge on any atom is 0.226 e. The molecule has 0 bridgehead atoms. The molecule has 0 spiro atoms. The molecular formula is C20H21N3OS. The van der Waals surface area contributed by atoms with Crippen LogP contribution in [0.2, 0.25) is 0 Å². The van der Waals surface area contributed by atoms with Gasteiger partial charge in [-0.2, -0.15) is 0 Å². The molecule has 3 rings (SSSR count). The van der Waals surface area contributed by atoms with Crippen molar-refractivity contribution in [3.05, 3.63) is 71.4 Å². The van der Waals surface area contributed by atoms with Crippen LogP contribution in [0.5, 0.6) is 0 Å². The van der Waals surface area contributed by atoms with E-state index in [0.717, 1.165) is 22.8 Å². The number of benzene rings is 1. The van der Waals surface area contributed by atoms with Crippen LogP contribution in [0.25, 0.3) is 10.7 Å². The van der Waals surface area contributed by atoms with E-state index in [1.165, 1.54) is 16.9 Å². The average molecular weight is 351 g/mol. The molecule has 1 N–H and O–H groups in total. The van der Waals surface area contributed by atoms with Gasteiger partial charge in [-0.05, 0) is 24.1 Å². The van der Waals surface area contributed by atoms with Gasteiger partial charge >= 0.3 is 0 Å². The first-order valence-electron chi connectivity index (χ1n) is 8.43. The Labute approximate surface area is 152 Å². The fourth-order valence-corrected chi connectivity index (χ4v) is 3.48. The number of hydrogen-bond acceptors (Lipinski definition) is 4. The molecule has 0 aliphatic carbocycles. The minimum Gasteiger partial charge on any atom is -0.355 e. The molecule has 0 aliphatic heterocycles. The minimum absolute atomic E-state index is 0.00671. The average Bonchev–Trinajstić information content (AvgIpc) is 3.12. The van der Waals surface area contributed by atoms with E-state index in [1.807, 2.05) is 41.8 Å². The number of rotatable bonds is 7. The fourth-order valence-electron chi connectivity index (χ4n) is 2.68.